The fourth-order valence-corrected chi connectivity index (χ4v) is 3.74. The van der Waals surface area contributed by atoms with Crippen molar-refractivity contribution in [2.45, 2.75) is 18.8 Å². The van der Waals surface area contributed by atoms with Gasteiger partial charge in [-0.15, -0.1) is 0 Å². The van der Waals surface area contributed by atoms with Crippen LogP contribution in [0.15, 0.2) is 48.6 Å². The van der Waals surface area contributed by atoms with Crippen molar-refractivity contribution in [3.05, 3.63) is 85.8 Å². The third-order valence-electron chi connectivity index (χ3n) is 5.00. The molecule has 0 spiro atoms. The highest BCUT2D eigenvalue weighted by Crippen LogP contribution is 2.45. The molecule has 1 aliphatic heterocycles. The number of ether oxygens (including phenoxy) is 1. The van der Waals surface area contributed by atoms with E-state index in [-0.39, 0.29) is 28.2 Å². The zero-order chi connectivity index (χ0) is 19.2. The molecule has 6 nitrogen and oxygen atoms in total. The second-order valence-electron chi connectivity index (χ2n) is 6.63. The van der Waals surface area contributed by atoms with Gasteiger partial charge in [-0.3, -0.25) is 10.1 Å². The van der Waals surface area contributed by atoms with Gasteiger partial charge in [0.1, 0.15) is 23.4 Å². The minimum absolute atomic E-state index is 0.187. The summed E-state index contributed by atoms with van der Waals surface area (Å²) in [6, 6.07) is 7.18. The van der Waals surface area contributed by atoms with Crippen LogP contribution >= 0.6 is 0 Å². The van der Waals surface area contributed by atoms with Crippen LogP contribution in [0.5, 0.6) is 11.5 Å². The first-order chi connectivity index (χ1) is 13.0. The molecule has 0 radical (unpaired) electrons. The van der Waals surface area contributed by atoms with Crippen LogP contribution in [0.25, 0.3) is 0 Å². The van der Waals surface area contributed by atoms with Crippen molar-refractivity contribution in [1.82, 2.24) is 0 Å². The number of hydrogen-bond donors (Lipinski definition) is 0. The Hall–Kier alpha value is -3.72. The highest BCUT2D eigenvalue weighted by Gasteiger charge is 2.37. The van der Waals surface area contributed by atoms with E-state index in [1.54, 1.807) is 24.0 Å². The van der Waals surface area contributed by atoms with Gasteiger partial charge < -0.3 is 4.74 Å². The Kier molecular flexibility index (Phi) is 3.67. The predicted octanol–water partition coefficient (Wildman–Crippen LogP) is 1.68. The fraction of sp³-hybridized carbons (Fsp3) is 0.143. The zero-order valence-corrected chi connectivity index (χ0v) is 14.3. The third kappa shape index (κ3) is 2.36. The predicted molar refractivity (Wildman–Crippen MR) is 96.9 cm³/mol. The average Bonchev–Trinajstić information content (AvgIpc) is 3.11. The lowest BCUT2D eigenvalue weighted by atomic mass is 9.79. The van der Waals surface area contributed by atoms with Gasteiger partial charge in [0.2, 0.25) is 0 Å². The van der Waals surface area contributed by atoms with Gasteiger partial charge in [0.25, 0.3) is 5.69 Å². The van der Waals surface area contributed by atoms with Crippen LogP contribution in [0.1, 0.15) is 23.6 Å². The topological polar surface area (TPSA) is 86.5 Å². The summed E-state index contributed by atoms with van der Waals surface area (Å²) in [5.41, 5.74) is 0.202. The lowest BCUT2D eigenvalue weighted by Gasteiger charge is -2.28. The Labute approximate surface area is 153 Å². The summed E-state index contributed by atoms with van der Waals surface area (Å²) in [7, 11) is 0. The summed E-state index contributed by atoms with van der Waals surface area (Å²) in [5, 5.41) is 11.2. The molecule has 0 saturated carbocycles. The van der Waals surface area contributed by atoms with Gasteiger partial charge in [0, 0.05) is 17.4 Å². The summed E-state index contributed by atoms with van der Waals surface area (Å²) in [6.45, 7) is 1.84. The molecule has 2 aromatic rings. The molecule has 0 atom stereocenters. The summed E-state index contributed by atoms with van der Waals surface area (Å²) >= 11 is 0. The number of fused-ring (bicyclic) bond motifs is 2. The van der Waals surface area contributed by atoms with Crippen LogP contribution < -0.4 is 15.2 Å². The van der Waals surface area contributed by atoms with Gasteiger partial charge >= 0.3 is 0 Å². The molecule has 6 heteroatoms. The van der Waals surface area contributed by atoms with E-state index < -0.39 is 16.0 Å². The lowest BCUT2D eigenvalue weighted by molar-refractivity contribution is -0.386. The number of rotatable bonds is 2. The van der Waals surface area contributed by atoms with Crippen LogP contribution in [0.3, 0.4) is 0 Å². The summed E-state index contributed by atoms with van der Waals surface area (Å²) < 4.78 is 6.04. The molecule has 4 rings (SSSR count). The minimum Gasteiger partial charge on any atom is -0.456 e. The molecule has 1 heterocycles. The van der Waals surface area contributed by atoms with E-state index in [4.69, 9.17) is 4.74 Å². The number of nitro groups is 1. The number of nitro benzene ring substituents is 1. The smallest absolute Gasteiger partial charge is 0.296 e. The maximum Gasteiger partial charge on any atom is 0.296 e. The van der Waals surface area contributed by atoms with Crippen molar-refractivity contribution in [2.75, 3.05) is 0 Å². The van der Waals surface area contributed by atoms with E-state index in [0.29, 0.717) is 11.3 Å². The van der Waals surface area contributed by atoms with Gasteiger partial charge in [-0.1, -0.05) is 42.5 Å². The lowest BCUT2D eigenvalue weighted by Crippen LogP contribution is -2.40. The van der Waals surface area contributed by atoms with Crippen molar-refractivity contribution < 1.29 is 19.2 Å². The normalized spacial score (nSPS) is 15.3. The molecule has 132 valence electrons. The summed E-state index contributed by atoms with van der Waals surface area (Å²) in [4.78, 5) is 34.5. The summed E-state index contributed by atoms with van der Waals surface area (Å²) in [6.07, 6.45) is 7.51. The molecule has 2 aromatic carbocycles. The quantitative estimate of drug-likeness (QED) is 0.513. The first-order valence-corrected chi connectivity index (χ1v) is 8.27. The van der Waals surface area contributed by atoms with Gasteiger partial charge in [-0.05, 0) is 18.6 Å². The zero-order valence-electron chi connectivity index (χ0n) is 14.3. The molecule has 0 saturated heterocycles. The van der Waals surface area contributed by atoms with Gasteiger partial charge in [-0.2, -0.15) is 0 Å². The summed E-state index contributed by atoms with van der Waals surface area (Å²) in [5.74, 6) is 4.11. The number of nitrogens with zero attached hydrogens (tertiary/aromatic N) is 1. The molecule has 0 fully saturated rings. The second-order valence-corrected chi connectivity index (χ2v) is 6.63. The average molecular weight is 359 g/mol. The van der Waals surface area contributed by atoms with Crippen molar-refractivity contribution in [1.29, 1.82) is 0 Å². The molecule has 1 aliphatic carbocycles. The number of benzene rings is 2. The molecular formula is C21H13NO5. The van der Waals surface area contributed by atoms with Crippen molar-refractivity contribution in [3.8, 4) is 11.5 Å². The standard InChI is InChI=1S/C21H13NO5/c1-21(8-4-5-9-21)18-15(11-23)16(12-24)19(22(25)26)14-10-13-6-2-3-7-17(13)27-20(14)18/h2-9H,10H2,1H3. The molecule has 0 N–H and O–H groups in total. The van der Waals surface area contributed by atoms with Crippen molar-refractivity contribution >= 4 is 17.6 Å². The Balaban J connectivity index is 2.21. The second kappa shape index (κ2) is 5.92. The third-order valence-corrected chi connectivity index (χ3v) is 5.00. The molecular weight excluding hydrogens is 346 g/mol. The van der Waals surface area contributed by atoms with E-state index in [9.17, 15) is 19.7 Å². The highest BCUT2D eigenvalue weighted by atomic mass is 16.6. The molecule has 0 unspecified atom stereocenters. The molecule has 0 bridgehead atoms. The van der Waals surface area contributed by atoms with Crippen LogP contribution in [0, 0.1) is 10.1 Å². The number of carbonyl (C=O) groups excluding carboxylic acids is 2. The highest BCUT2D eigenvalue weighted by molar-refractivity contribution is 5.72. The minimum atomic E-state index is -0.760. The van der Waals surface area contributed by atoms with E-state index in [1.807, 2.05) is 43.4 Å². The molecule has 0 amide bonds. The van der Waals surface area contributed by atoms with E-state index in [2.05, 4.69) is 0 Å². The number of hydrogen-bond acceptors (Lipinski definition) is 5. The first kappa shape index (κ1) is 16.7. The van der Waals surface area contributed by atoms with Gasteiger partial charge in [0.15, 0.2) is 5.22 Å². The van der Waals surface area contributed by atoms with E-state index in [0.717, 1.165) is 5.56 Å². The number of para-hydroxylation sites is 1. The largest absolute Gasteiger partial charge is 0.456 e. The Morgan fingerprint density at radius 3 is 2.41 bits per heavy atom. The fourth-order valence-electron chi connectivity index (χ4n) is 3.74. The monoisotopic (exact) mass is 359 g/mol. The first-order valence-electron chi connectivity index (χ1n) is 8.27. The maximum absolute atomic E-state index is 11.8. The van der Waals surface area contributed by atoms with Crippen molar-refractivity contribution in [2.24, 2.45) is 0 Å². The van der Waals surface area contributed by atoms with Gasteiger partial charge in [-0.25, -0.2) is 9.59 Å². The Bertz CT molecular complexity index is 1220. The Morgan fingerprint density at radius 1 is 1.11 bits per heavy atom. The molecule has 0 aromatic heterocycles. The van der Waals surface area contributed by atoms with Crippen LogP contribution in [-0.4, -0.2) is 16.8 Å². The molecule has 2 aliphatic rings. The maximum atomic E-state index is 11.8. The van der Waals surface area contributed by atoms with Crippen LogP contribution in [0.4, 0.5) is 5.69 Å². The van der Waals surface area contributed by atoms with Crippen molar-refractivity contribution in [3.63, 3.8) is 0 Å². The molecule has 27 heavy (non-hydrogen) atoms. The van der Waals surface area contributed by atoms with Gasteiger partial charge in [0.05, 0.1) is 15.7 Å². The number of allylic oxidation sites excluding steroid dienone is 4. The van der Waals surface area contributed by atoms with E-state index in [1.165, 1.54) is 0 Å². The van der Waals surface area contributed by atoms with Crippen LogP contribution in [-0.2, 0) is 21.4 Å². The van der Waals surface area contributed by atoms with E-state index >= 15 is 0 Å². The van der Waals surface area contributed by atoms with Crippen LogP contribution in [0.2, 0.25) is 0 Å². The Morgan fingerprint density at radius 2 is 1.78 bits per heavy atom. The SMILES string of the molecule is CC1(c2c3c(c([N+](=O)[O-])c(=C=O)c2=C=O)Cc2ccccc2O3)C=CC=C1.